The summed E-state index contributed by atoms with van der Waals surface area (Å²) in [5.74, 6) is -1.11. The number of carboxylic acid groups (broad SMARTS) is 1. The van der Waals surface area contributed by atoms with Crippen molar-refractivity contribution < 1.29 is 14.7 Å². The lowest BCUT2D eigenvalue weighted by atomic mass is 9.91. The number of rotatable bonds is 2. The van der Waals surface area contributed by atoms with Crippen LogP contribution < -0.4 is 0 Å². The number of hydrogen-bond donors (Lipinski definition) is 1. The number of amides is 1. The smallest absolute Gasteiger partial charge is 0.306 e. The Labute approximate surface area is 126 Å². The maximum atomic E-state index is 12.5. The number of nitrogens with zero attached hydrogens (tertiary/aromatic N) is 1. The van der Waals surface area contributed by atoms with Gasteiger partial charge in [-0.3, -0.25) is 9.59 Å². The predicted octanol–water partition coefficient (Wildman–Crippen LogP) is 3.08. The van der Waals surface area contributed by atoms with Crippen LogP contribution in [0.2, 0.25) is 0 Å². The van der Waals surface area contributed by atoms with E-state index in [1.165, 1.54) is 0 Å². The van der Waals surface area contributed by atoms with Crippen LogP contribution in [0, 0.1) is 12.8 Å². The molecule has 0 bridgehead atoms. The predicted molar refractivity (Wildman–Crippen MR) is 79.7 cm³/mol. The van der Waals surface area contributed by atoms with Crippen molar-refractivity contribution in [1.82, 2.24) is 4.90 Å². The first-order chi connectivity index (χ1) is 9.40. The molecule has 4 nitrogen and oxygen atoms in total. The summed E-state index contributed by atoms with van der Waals surface area (Å²) in [6, 6.07) is 5.50. The van der Waals surface area contributed by atoms with Gasteiger partial charge in [-0.2, -0.15) is 0 Å². The van der Waals surface area contributed by atoms with Crippen molar-refractivity contribution in [3.05, 3.63) is 33.8 Å². The first kappa shape index (κ1) is 15.0. The molecule has 1 aromatic rings. The lowest BCUT2D eigenvalue weighted by Crippen LogP contribution is -2.46. The molecular formula is C15H18BrNO3. The van der Waals surface area contributed by atoms with E-state index in [0.29, 0.717) is 24.9 Å². The first-order valence-corrected chi connectivity index (χ1v) is 7.49. The Kier molecular flexibility index (Phi) is 4.48. The van der Waals surface area contributed by atoms with Gasteiger partial charge >= 0.3 is 5.97 Å². The minimum Gasteiger partial charge on any atom is -0.481 e. The number of carboxylic acids is 1. The Morgan fingerprint density at radius 2 is 2.10 bits per heavy atom. The Morgan fingerprint density at radius 1 is 1.40 bits per heavy atom. The van der Waals surface area contributed by atoms with Crippen LogP contribution in [0.5, 0.6) is 0 Å². The average molecular weight is 340 g/mol. The first-order valence-electron chi connectivity index (χ1n) is 6.70. The zero-order valence-corrected chi connectivity index (χ0v) is 13.2. The molecule has 1 heterocycles. The quantitative estimate of drug-likeness (QED) is 0.900. The van der Waals surface area contributed by atoms with Crippen LogP contribution in [0.1, 0.15) is 35.7 Å². The van der Waals surface area contributed by atoms with Crippen molar-refractivity contribution in [3.8, 4) is 0 Å². The van der Waals surface area contributed by atoms with E-state index >= 15 is 0 Å². The molecule has 0 radical (unpaired) electrons. The van der Waals surface area contributed by atoms with Crippen molar-refractivity contribution in [2.24, 2.45) is 5.92 Å². The van der Waals surface area contributed by atoms with Crippen LogP contribution in [0.4, 0.5) is 0 Å². The Morgan fingerprint density at radius 3 is 2.65 bits per heavy atom. The average Bonchev–Trinajstić information content (AvgIpc) is 2.41. The van der Waals surface area contributed by atoms with Gasteiger partial charge in [0, 0.05) is 22.6 Å². The Hall–Kier alpha value is -1.36. The zero-order valence-electron chi connectivity index (χ0n) is 11.6. The fraction of sp³-hybridized carbons (Fsp3) is 0.467. The van der Waals surface area contributed by atoms with Crippen LogP contribution >= 0.6 is 15.9 Å². The lowest BCUT2D eigenvalue weighted by Gasteiger charge is -2.36. The van der Waals surface area contributed by atoms with Crippen molar-refractivity contribution in [2.45, 2.75) is 32.7 Å². The van der Waals surface area contributed by atoms with Gasteiger partial charge < -0.3 is 10.0 Å². The number of likely N-dealkylation sites (tertiary alicyclic amines) is 1. The molecule has 0 aromatic heterocycles. The van der Waals surface area contributed by atoms with E-state index in [4.69, 9.17) is 5.11 Å². The minimum absolute atomic E-state index is 0.0167. The largest absolute Gasteiger partial charge is 0.481 e. The molecule has 1 aliphatic heterocycles. The third-order valence-corrected chi connectivity index (χ3v) is 4.78. The molecule has 5 heteroatoms. The molecule has 1 saturated heterocycles. The molecule has 2 rings (SSSR count). The van der Waals surface area contributed by atoms with Crippen LogP contribution in [0.25, 0.3) is 0 Å². The van der Waals surface area contributed by atoms with Gasteiger partial charge in [-0.05, 0) is 50.5 Å². The number of carbonyl (C=O) groups is 2. The van der Waals surface area contributed by atoms with Crippen LogP contribution in [0.15, 0.2) is 22.7 Å². The number of aryl methyl sites for hydroxylation is 1. The van der Waals surface area contributed by atoms with Gasteiger partial charge in [-0.1, -0.05) is 15.9 Å². The van der Waals surface area contributed by atoms with Crippen molar-refractivity contribution >= 4 is 27.8 Å². The van der Waals surface area contributed by atoms with E-state index in [9.17, 15) is 9.59 Å². The highest BCUT2D eigenvalue weighted by Gasteiger charge is 2.32. The monoisotopic (exact) mass is 339 g/mol. The number of aliphatic carboxylic acids is 1. The van der Waals surface area contributed by atoms with Gasteiger partial charge in [0.05, 0.1) is 5.92 Å². The normalized spacial score (nSPS) is 22.6. The minimum atomic E-state index is -0.761. The molecular weight excluding hydrogens is 322 g/mol. The highest BCUT2D eigenvalue weighted by Crippen LogP contribution is 2.25. The number of hydrogen-bond acceptors (Lipinski definition) is 2. The number of piperidine rings is 1. The maximum absolute atomic E-state index is 12.5. The molecule has 2 atom stereocenters. The van der Waals surface area contributed by atoms with Gasteiger partial charge in [0.25, 0.3) is 5.91 Å². The summed E-state index contributed by atoms with van der Waals surface area (Å²) in [4.78, 5) is 25.3. The Bertz CT molecular complexity index is 544. The lowest BCUT2D eigenvalue weighted by molar-refractivity contribution is -0.143. The standard InChI is InChI=1S/C15H18BrNO3/c1-9-7-11(3-4-13(9)16)14(18)17-6-5-12(15(19)20)8-10(17)2/h3-4,7,10,12H,5-6,8H2,1-2H3,(H,19,20). The fourth-order valence-electron chi connectivity index (χ4n) is 2.64. The number of benzene rings is 1. The molecule has 1 N–H and O–H groups in total. The molecule has 20 heavy (non-hydrogen) atoms. The molecule has 0 saturated carbocycles. The SMILES string of the molecule is Cc1cc(C(=O)N2CCC(C(=O)O)CC2C)ccc1Br. The van der Waals surface area contributed by atoms with Gasteiger partial charge in [0.15, 0.2) is 0 Å². The van der Waals surface area contributed by atoms with Gasteiger partial charge in [0.2, 0.25) is 0 Å². The second kappa shape index (κ2) is 5.95. The highest BCUT2D eigenvalue weighted by molar-refractivity contribution is 9.10. The summed E-state index contributed by atoms with van der Waals surface area (Å²) >= 11 is 3.42. The summed E-state index contributed by atoms with van der Waals surface area (Å²) in [6.45, 7) is 4.37. The van der Waals surface area contributed by atoms with E-state index < -0.39 is 5.97 Å². The van der Waals surface area contributed by atoms with E-state index in [2.05, 4.69) is 15.9 Å². The van der Waals surface area contributed by atoms with E-state index in [1.54, 1.807) is 11.0 Å². The summed E-state index contributed by atoms with van der Waals surface area (Å²) in [5.41, 5.74) is 1.68. The van der Waals surface area contributed by atoms with Crippen molar-refractivity contribution in [1.29, 1.82) is 0 Å². The summed E-state index contributed by atoms with van der Waals surface area (Å²) in [7, 11) is 0. The molecule has 2 unspecified atom stereocenters. The van der Waals surface area contributed by atoms with Crippen LogP contribution in [0.3, 0.4) is 0 Å². The molecule has 0 aliphatic carbocycles. The van der Waals surface area contributed by atoms with E-state index in [0.717, 1.165) is 10.0 Å². The molecule has 1 fully saturated rings. The molecule has 1 amide bonds. The van der Waals surface area contributed by atoms with Gasteiger partial charge in [0.1, 0.15) is 0 Å². The maximum Gasteiger partial charge on any atom is 0.306 e. The fourth-order valence-corrected chi connectivity index (χ4v) is 2.89. The topological polar surface area (TPSA) is 57.6 Å². The van der Waals surface area contributed by atoms with Gasteiger partial charge in [-0.15, -0.1) is 0 Å². The third kappa shape index (κ3) is 3.03. The zero-order chi connectivity index (χ0) is 14.9. The second-order valence-corrected chi connectivity index (χ2v) is 6.23. The number of halogens is 1. The summed E-state index contributed by atoms with van der Waals surface area (Å²) < 4.78 is 0.978. The molecule has 108 valence electrons. The van der Waals surface area contributed by atoms with Crippen molar-refractivity contribution in [3.63, 3.8) is 0 Å². The molecule has 1 aromatic carbocycles. The third-order valence-electron chi connectivity index (χ3n) is 3.89. The van der Waals surface area contributed by atoms with E-state index in [-0.39, 0.29) is 17.9 Å². The Balaban J connectivity index is 2.13. The number of carbonyl (C=O) groups excluding carboxylic acids is 1. The summed E-state index contributed by atoms with van der Waals surface area (Å²) in [6.07, 6.45) is 1.05. The second-order valence-electron chi connectivity index (χ2n) is 5.37. The summed E-state index contributed by atoms with van der Waals surface area (Å²) in [5, 5.41) is 9.06. The van der Waals surface area contributed by atoms with E-state index in [1.807, 2.05) is 26.0 Å². The highest BCUT2D eigenvalue weighted by atomic mass is 79.9. The molecule has 1 aliphatic rings. The van der Waals surface area contributed by atoms with Gasteiger partial charge in [-0.25, -0.2) is 0 Å². The van der Waals surface area contributed by atoms with Crippen LogP contribution in [-0.2, 0) is 4.79 Å². The molecule has 0 spiro atoms. The van der Waals surface area contributed by atoms with Crippen molar-refractivity contribution in [2.75, 3.05) is 6.54 Å². The van der Waals surface area contributed by atoms with Crippen LogP contribution in [-0.4, -0.2) is 34.5 Å².